The van der Waals surface area contributed by atoms with E-state index in [2.05, 4.69) is 4.90 Å². The Morgan fingerprint density at radius 3 is 2.55 bits per heavy atom. The second-order valence-corrected chi connectivity index (χ2v) is 5.00. The standard InChI is InChI=1S/C15H20FNO3/c1-2-20-15(19)14(18)11-7-9-17(10-8-11)13-5-3-12(16)4-6-13/h3-6,11,14,18H,2,7-10H2,1H3. The molecule has 0 aromatic heterocycles. The van der Waals surface area contributed by atoms with Crippen LogP contribution in [0.15, 0.2) is 24.3 Å². The molecule has 20 heavy (non-hydrogen) atoms. The van der Waals surface area contributed by atoms with E-state index in [4.69, 9.17) is 4.74 Å². The van der Waals surface area contributed by atoms with Crippen LogP contribution < -0.4 is 4.90 Å². The molecule has 1 saturated heterocycles. The maximum atomic E-state index is 12.9. The van der Waals surface area contributed by atoms with Crippen molar-refractivity contribution in [2.24, 2.45) is 5.92 Å². The van der Waals surface area contributed by atoms with Gasteiger partial charge in [-0.05, 0) is 49.9 Å². The largest absolute Gasteiger partial charge is 0.464 e. The zero-order valence-electron chi connectivity index (χ0n) is 11.6. The van der Waals surface area contributed by atoms with Crippen molar-refractivity contribution in [1.29, 1.82) is 0 Å². The minimum Gasteiger partial charge on any atom is -0.464 e. The highest BCUT2D eigenvalue weighted by Gasteiger charge is 2.30. The fourth-order valence-corrected chi connectivity index (χ4v) is 2.55. The van der Waals surface area contributed by atoms with Crippen LogP contribution in [0.5, 0.6) is 0 Å². The number of piperidine rings is 1. The summed E-state index contributed by atoms with van der Waals surface area (Å²) in [5.74, 6) is -0.847. The fraction of sp³-hybridized carbons (Fsp3) is 0.533. The number of hydrogen-bond acceptors (Lipinski definition) is 4. The lowest BCUT2D eigenvalue weighted by Crippen LogP contribution is -2.41. The highest BCUT2D eigenvalue weighted by molar-refractivity contribution is 5.74. The number of hydrogen-bond donors (Lipinski definition) is 1. The van der Waals surface area contributed by atoms with E-state index in [-0.39, 0.29) is 18.3 Å². The Bertz CT molecular complexity index is 441. The van der Waals surface area contributed by atoms with Gasteiger partial charge in [-0.1, -0.05) is 0 Å². The number of rotatable bonds is 4. The van der Waals surface area contributed by atoms with Gasteiger partial charge in [0.25, 0.3) is 0 Å². The lowest BCUT2D eigenvalue weighted by Gasteiger charge is -2.34. The molecule has 110 valence electrons. The number of anilines is 1. The van der Waals surface area contributed by atoms with Gasteiger partial charge in [0.2, 0.25) is 0 Å². The maximum Gasteiger partial charge on any atom is 0.335 e. The molecule has 1 heterocycles. The van der Waals surface area contributed by atoms with Crippen LogP contribution in [0.4, 0.5) is 10.1 Å². The second kappa shape index (κ2) is 6.70. The van der Waals surface area contributed by atoms with Crippen LogP contribution in [-0.2, 0) is 9.53 Å². The average Bonchev–Trinajstić information content (AvgIpc) is 2.48. The number of carbonyl (C=O) groups is 1. The summed E-state index contributed by atoms with van der Waals surface area (Å²) in [7, 11) is 0. The number of esters is 1. The molecule has 1 aliphatic rings. The highest BCUT2D eigenvalue weighted by atomic mass is 19.1. The summed E-state index contributed by atoms with van der Waals surface area (Å²) >= 11 is 0. The van der Waals surface area contributed by atoms with Crippen LogP contribution in [0, 0.1) is 11.7 Å². The first-order valence-corrected chi connectivity index (χ1v) is 6.97. The Kier molecular flexibility index (Phi) is 4.95. The summed E-state index contributed by atoms with van der Waals surface area (Å²) in [6.45, 7) is 3.49. The fourth-order valence-electron chi connectivity index (χ4n) is 2.55. The van der Waals surface area contributed by atoms with Crippen molar-refractivity contribution in [2.45, 2.75) is 25.9 Å². The van der Waals surface area contributed by atoms with Gasteiger partial charge in [-0.3, -0.25) is 0 Å². The van der Waals surface area contributed by atoms with Gasteiger partial charge < -0.3 is 14.7 Å². The number of aliphatic hydroxyl groups is 1. The number of benzene rings is 1. The van der Waals surface area contributed by atoms with E-state index in [1.54, 1.807) is 19.1 Å². The van der Waals surface area contributed by atoms with E-state index in [0.29, 0.717) is 0 Å². The Hall–Kier alpha value is -1.62. The number of aliphatic hydroxyl groups excluding tert-OH is 1. The number of halogens is 1. The van der Waals surface area contributed by atoms with Gasteiger partial charge in [-0.2, -0.15) is 0 Å². The van der Waals surface area contributed by atoms with Gasteiger partial charge in [0.1, 0.15) is 5.82 Å². The lowest BCUT2D eigenvalue weighted by atomic mass is 9.91. The van der Waals surface area contributed by atoms with Gasteiger partial charge in [-0.25, -0.2) is 9.18 Å². The summed E-state index contributed by atoms with van der Waals surface area (Å²) in [5.41, 5.74) is 0.968. The quantitative estimate of drug-likeness (QED) is 0.857. The molecule has 4 nitrogen and oxygen atoms in total. The molecule has 1 N–H and O–H groups in total. The van der Waals surface area contributed by atoms with Crippen molar-refractivity contribution in [3.63, 3.8) is 0 Å². The molecule has 0 spiro atoms. The summed E-state index contributed by atoms with van der Waals surface area (Å²) in [6, 6.07) is 6.37. The molecule has 1 unspecified atom stereocenters. The predicted molar refractivity (Wildman–Crippen MR) is 74.0 cm³/mol. The first-order valence-electron chi connectivity index (χ1n) is 6.97. The maximum absolute atomic E-state index is 12.9. The van der Waals surface area contributed by atoms with E-state index >= 15 is 0 Å². The van der Waals surface area contributed by atoms with E-state index < -0.39 is 12.1 Å². The third-order valence-electron chi connectivity index (χ3n) is 3.71. The summed E-state index contributed by atoms with van der Waals surface area (Å²) in [6.07, 6.45) is 0.402. The highest BCUT2D eigenvalue weighted by Crippen LogP contribution is 2.25. The average molecular weight is 281 g/mol. The molecule has 0 amide bonds. The number of ether oxygens (including phenoxy) is 1. The Balaban J connectivity index is 1.89. The third kappa shape index (κ3) is 3.48. The van der Waals surface area contributed by atoms with E-state index in [9.17, 15) is 14.3 Å². The van der Waals surface area contributed by atoms with Crippen molar-refractivity contribution in [3.05, 3.63) is 30.1 Å². The van der Waals surface area contributed by atoms with Crippen molar-refractivity contribution >= 4 is 11.7 Å². The molecule has 1 aliphatic heterocycles. The van der Waals surface area contributed by atoms with Gasteiger partial charge >= 0.3 is 5.97 Å². The smallest absolute Gasteiger partial charge is 0.335 e. The Morgan fingerprint density at radius 2 is 2.00 bits per heavy atom. The first-order chi connectivity index (χ1) is 9.61. The van der Waals surface area contributed by atoms with Crippen molar-refractivity contribution in [2.75, 3.05) is 24.6 Å². The van der Waals surface area contributed by atoms with Crippen LogP contribution >= 0.6 is 0 Å². The van der Waals surface area contributed by atoms with Crippen molar-refractivity contribution in [1.82, 2.24) is 0 Å². The molecule has 0 aliphatic carbocycles. The van der Waals surface area contributed by atoms with Crippen LogP contribution in [0.2, 0.25) is 0 Å². The molecule has 1 fully saturated rings. The SMILES string of the molecule is CCOC(=O)C(O)C1CCN(c2ccc(F)cc2)CC1. The normalized spacial score (nSPS) is 17.9. The molecule has 0 radical (unpaired) electrons. The Morgan fingerprint density at radius 1 is 1.40 bits per heavy atom. The van der Waals surface area contributed by atoms with Gasteiger partial charge in [-0.15, -0.1) is 0 Å². The zero-order chi connectivity index (χ0) is 14.5. The zero-order valence-corrected chi connectivity index (χ0v) is 11.6. The predicted octanol–water partition coefficient (Wildman–Crippen LogP) is 1.97. The third-order valence-corrected chi connectivity index (χ3v) is 3.71. The monoisotopic (exact) mass is 281 g/mol. The lowest BCUT2D eigenvalue weighted by molar-refractivity contribution is -0.156. The molecule has 5 heteroatoms. The molecule has 2 rings (SSSR count). The molecule has 1 aromatic rings. The molecule has 1 aromatic carbocycles. The van der Waals surface area contributed by atoms with Gasteiger partial charge in [0, 0.05) is 18.8 Å². The minimum absolute atomic E-state index is 0.0641. The summed E-state index contributed by atoms with van der Waals surface area (Å²) in [4.78, 5) is 13.6. The topological polar surface area (TPSA) is 49.8 Å². The van der Waals surface area contributed by atoms with Crippen LogP contribution in [-0.4, -0.2) is 36.9 Å². The summed E-state index contributed by atoms with van der Waals surface area (Å²) in [5, 5.41) is 9.92. The van der Waals surface area contributed by atoms with E-state index in [1.165, 1.54) is 12.1 Å². The number of carbonyl (C=O) groups excluding carboxylic acids is 1. The molecular weight excluding hydrogens is 261 g/mol. The van der Waals surface area contributed by atoms with Crippen LogP contribution in [0.1, 0.15) is 19.8 Å². The van der Waals surface area contributed by atoms with Crippen molar-refractivity contribution in [3.8, 4) is 0 Å². The molecule has 0 saturated carbocycles. The molecular formula is C15H20FNO3. The number of nitrogens with zero attached hydrogens (tertiary/aromatic N) is 1. The van der Waals surface area contributed by atoms with Crippen LogP contribution in [0.3, 0.4) is 0 Å². The van der Waals surface area contributed by atoms with Crippen LogP contribution in [0.25, 0.3) is 0 Å². The van der Waals surface area contributed by atoms with E-state index in [1.807, 2.05) is 0 Å². The van der Waals surface area contributed by atoms with Gasteiger partial charge in [0.05, 0.1) is 6.61 Å². The van der Waals surface area contributed by atoms with E-state index in [0.717, 1.165) is 31.6 Å². The van der Waals surface area contributed by atoms with Crippen molar-refractivity contribution < 1.29 is 19.0 Å². The van der Waals surface area contributed by atoms with Gasteiger partial charge in [0.15, 0.2) is 6.10 Å². The first kappa shape index (κ1) is 14.8. The molecule has 1 atom stereocenters. The minimum atomic E-state index is -1.04. The molecule has 0 bridgehead atoms. The second-order valence-electron chi connectivity index (χ2n) is 5.00. The summed E-state index contributed by atoms with van der Waals surface area (Å²) < 4.78 is 17.7. The Labute approximate surface area is 118 Å².